The molecule has 11 heavy (non-hydrogen) atoms. The summed E-state index contributed by atoms with van der Waals surface area (Å²) in [4.78, 5) is 0. The number of allylic oxidation sites excluding steroid dienone is 1. The summed E-state index contributed by atoms with van der Waals surface area (Å²) in [5.41, 5.74) is 0. The number of hydrogen-bond acceptors (Lipinski definition) is 3. The molecule has 2 unspecified atom stereocenters. The standard InChI is InChI=1S/C8H16O3/c1-2-3-4-5-7(10)8(11)6-9/h4-5,7-11H,2-3,6H2,1H3. The van der Waals surface area contributed by atoms with Crippen LogP contribution < -0.4 is 0 Å². The SMILES string of the molecule is CCCC=CC(O)C(O)CO. The lowest BCUT2D eigenvalue weighted by molar-refractivity contribution is 0.00937. The quantitative estimate of drug-likeness (QED) is 0.498. The second kappa shape index (κ2) is 6.34. The van der Waals surface area contributed by atoms with Gasteiger partial charge < -0.3 is 15.3 Å². The first-order valence-electron chi connectivity index (χ1n) is 3.86. The maximum Gasteiger partial charge on any atom is 0.106 e. The van der Waals surface area contributed by atoms with E-state index < -0.39 is 18.8 Å². The number of rotatable bonds is 5. The third-order valence-corrected chi connectivity index (χ3v) is 1.37. The number of aliphatic hydroxyl groups is 3. The number of hydrogen-bond donors (Lipinski definition) is 3. The molecular weight excluding hydrogens is 144 g/mol. The Kier molecular flexibility index (Phi) is 6.12. The van der Waals surface area contributed by atoms with Crippen molar-refractivity contribution in [3.63, 3.8) is 0 Å². The molecular formula is C8H16O3. The van der Waals surface area contributed by atoms with E-state index in [1.807, 2.05) is 6.92 Å². The van der Waals surface area contributed by atoms with Crippen molar-refractivity contribution in [2.24, 2.45) is 0 Å². The van der Waals surface area contributed by atoms with Crippen LogP contribution in [0.3, 0.4) is 0 Å². The summed E-state index contributed by atoms with van der Waals surface area (Å²) in [6, 6.07) is 0. The Morgan fingerprint density at radius 2 is 2.00 bits per heavy atom. The predicted octanol–water partition coefficient (Wildman–Crippen LogP) is 0.0568. The maximum absolute atomic E-state index is 9.05. The summed E-state index contributed by atoms with van der Waals surface area (Å²) < 4.78 is 0. The molecule has 3 N–H and O–H groups in total. The summed E-state index contributed by atoms with van der Waals surface area (Å²) in [6.07, 6.45) is 3.20. The predicted molar refractivity (Wildman–Crippen MR) is 43.1 cm³/mol. The van der Waals surface area contributed by atoms with Gasteiger partial charge in [0.1, 0.15) is 12.2 Å². The summed E-state index contributed by atoms with van der Waals surface area (Å²) in [6.45, 7) is 1.62. The van der Waals surface area contributed by atoms with E-state index in [2.05, 4.69) is 0 Å². The Hall–Kier alpha value is -0.380. The second-order valence-corrected chi connectivity index (χ2v) is 2.46. The first kappa shape index (κ1) is 10.6. The van der Waals surface area contributed by atoms with Crippen molar-refractivity contribution in [2.75, 3.05) is 6.61 Å². The zero-order valence-corrected chi connectivity index (χ0v) is 6.77. The Morgan fingerprint density at radius 3 is 2.45 bits per heavy atom. The van der Waals surface area contributed by atoms with Crippen molar-refractivity contribution in [3.8, 4) is 0 Å². The van der Waals surface area contributed by atoms with Gasteiger partial charge in [-0.15, -0.1) is 0 Å². The lowest BCUT2D eigenvalue weighted by atomic mass is 10.2. The molecule has 3 nitrogen and oxygen atoms in total. The second-order valence-electron chi connectivity index (χ2n) is 2.46. The van der Waals surface area contributed by atoms with E-state index >= 15 is 0 Å². The lowest BCUT2D eigenvalue weighted by Gasteiger charge is -2.10. The van der Waals surface area contributed by atoms with E-state index in [0.29, 0.717) is 0 Å². The van der Waals surface area contributed by atoms with E-state index in [9.17, 15) is 0 Å². The fourth-order valence-corrected chi connectivity index (χ4v) is 0.639. The normalized spacial score (nSPS) is 17.1. The molecule has 0 heterocycles. The summed E-state index contributed by atoms with van der Waals surface area (Å²) in [5, 5.41) is 26.3. The van der Waals surface area contributed by atoms with Gasteiger partial charge in [-0.05, 0) is 6.42 Å². The van der Waals surface area contributed by atoms with Crippen LogP contribution >= 0.6 is 0 Å². The number of aliphatic hydroxyl groups excluding tert-OH is 3. The molecule has 0 bridgehead atoms. The molecule has 0 rings (SSSR count). The fraction of sp³-hybridized carbons (Fsp3) is 0.750. The molecule has 0 fully saturated rings. The Bertz CT molecular complexity index is 112. The maximum atomic E-state index is 9.05. The van der Waals surface area contributed by atoms with Crippen molar-refractivity contribution in [1.29, 1.82) is 0 Å². The minimum atomic E-state index is -1.05. The van der Waals surface area contributed by atoms with Crippen molar-refractivity contribution in [1.82, 2.24) is 0 Å². The Morgan fingerprint density at radius 1 is 1.36 bits per heavy atom. The zero-order chi connectivity index (χ0) is 8.69. The third-order valence-electron chi connectivity index (χ3n) is 1.37. The number of unbranched alkanes of at least 4 members (excludes halogenated alkanes) is 1. The minimum Gasteiger partial charge on any atom is -0.394 e. The average Bonchev–Trinajstić information content (AvgIpc) is 2.03. The topological polar surface area (TPSA) is 60.7 Å². The van der Waals surface area contributed by atoms with Gasteiger partial charge in [0.2, 0.25) is 0 Å². The van der Waals surface area contributed by atoms with Gasteiger partial charge in [-0.1, -0.05) is 25.5 Å². The van der Waals surface area contributed by atoms with Gasteiger partial charge in [0, 0.05) is 0 Å². The molecule has 66 valence electrons. The molecule has 0 aromatic rings. The van der Waals surface area contributed by atoms with Crippen LogP contribution in [0.4, 0.5) is 0 Å². The smallest absolute Gasteiger partial charge is 0.106 e. The van der Waals surface area contributed by atoms with Crippen LogP contribution in [-0.4, -0.2) is 34.1 Å². The molecule has 0 saturated heterocycles. The fourth-order valence-electron chi connectivity index (χ4n) is 0.639. The van der Waals surface area contributed by atoms with Crippen LogP contribution in [0.1, 0.15) is 19.8 Å². The first-order valence-corrected chi connectivity index (χ1v) is 3.86. The average molecular weight is 160 g/mol. The molecule has 0 radical (unpaired) electrons. The molecule has 0 aromatic carbocycles. The van der Waals surface area contributed by atoms with E-state index in [0.717, 1.165) is 12.8 Å². The van der Waals surface area contributed by atoms with Crippen LogP contribution in [0, 0.1) is 0 Å². The molecule has 0 amide bonds. The molecule has 0 aliphatic rings. The zero-order valence-electron chi connectivity index (χ0n) is 6.77. The largest absolute Gasteiger partial charge is 0.394 e. The van der Waals surface area contributed by atoms with Gasteiger partial charge in [0.05, 0.1) is 6.61 Å². The van der Waals surface area contributed by atoms with Crippen molar-refractivity contribution in [2.45, 2.75) is 32.0 Å². The molecule has 0 aromatic heterocycles. The van der Waals surface area contributed by atoms with E-state index in [1.54, 1.807) is 6.08 Å². The van der Waals surface area contributed by atoms with E-state index in [4.69, 9.17) is 15.3 Å². The highest BCUT2D eigenvalue weighted by Crippen LogP contribution is 1.96. The highest BCUT2D eigenvalue weighted by molar-refractivity contribution is 4.91. The molecule has 0 saturated carbocycles. The van der Waals surface area contributed by atoms with E-state index in [1.165, 1.54) is 6.08 Å². The molecule has 0 aliphatic carbocycles. The highest BCUT2D eigenvalue weighted by atomic mass is 16.4. The van der Waals surface area contributed by atoms with E-state index in [-0.39, 0.29) is 0 Å². The van der Waals surface area contributed by atoms with Crippen LogP contribution in [0.2, 0.25) is 0 Å². The van der Waals surface area contributed by atoms with Crippen LogP contribution in [-0.2, 0) is 0 Å². The minimum absolute atomic E-state index is 0.405. The molecule has 0 aliphatic heterocycles. The Labute approximate surface area is 67.0 Å². The van der Waals surface area contributed by atoms with Gasteiger partial charge >= 0.3 is 0 Å². The van der Waals surface area contributed by atoms with Gasteiger partial charge in [-0.25, -0.2) is 0 Å². The summed E-state index contributed by atoms with van der Waals surface area (Å²) in [7, 11) is 0. The van der Waals surface area contributed by atoms with Crippen LogP contribution in [0.5, 0.6) is 0 Å². The van der Waals surface area contributed by atoms with Crippen molar-refractivity contribution < 1.29 is 15.3 Å². The summed E-state index contributed by atoms with van der Waals surface area (Å²) in [5.74, 6) is 0. The third kappa shape index (κ3) is 4.95. The van der Waals surface area contributed by atoms with Gasteiger partial charge in [0.25, 0.3) is 0 Å². The monoisotopic (exact) mass is 160 g/mol. The van der Waals surface area contributed by atoms with Gasteiger partial charge in [-0.2, -0.15) is 0 Å². The van der Waals surface area contributed by atoms with Crippen molar-refractivity contribution in [3.05, 3.63) is 12.2 Å². The highest BCUT2D eigenvalue weighted by Gasteiger charge is 2.10. The Balaban J connectivity index is 3.57. The van der Waals surface area contributed by atoms with Gasteiger partial charge in [-0.3, -0.25) is 0 Å². The molecule has 2 atom stereocenters. The first-order chi connectivity index (χ1) is 5.22. The lowest BCUT2D eigenvalue weighted by Crippen LogP contribution is -2.27. The van der Waals surface area contributed by atoms with Crippen molar-refractivity contribution >= 4 is 0 Å². The molecule has 3 heteroatoms. The van der Waals surface area contributed by atoms with Gasteiger partial charge in [0.15, 0.2) is 0 Å². The molecule has 0 spiro atoms. The summed E-state index contributed by atoms with van der Waals surface area (Å²) >= 11 is 0. The van der Waals surface area contributed by atoms with Crippen LogP contribution in [0.15, 0.2) is 12.2 Å². The van der Waals surface area contributed by atoms with Crippen LogP contribution in [0.25, 0.3) is 0 Å².